The first kappa shape index (κ1) is 15.3. The van der Waals surface area contributed by atoms with Crippen LogP contribution in [-0.4, -0.2) is 33.0 Å². The molecular formula is C9H9ClN2O6S. The van der Waals surface area contributed by atoms with Crippen molar-refractivity contribution in [2.45, 2.75) is 4.90 Å². The molecule has 0 fully saturated rings. The SMILES string of the molecule is COC(=O)CNS(=O)(=O)c1ccc([N+](=O)[O-])cc1Cl. The third-order valence-electron chi connectivity index (χ3n) is 2.05. The van der Waals surface area contributed by atoms with Crippen molar-refractivity contribution in [2.24, 2.45) is 0 Å². The van der Waals surface area contributed by atoms with E-state index in [1.54, 1.807) is 0 Å². The lowest BCUT2D eigenvalue weighted by Crippen LogP contribution is -2.30. The van der Waals surface area contributed by atoms with Crippen LogP contribution in [0, 0.1) is 10.1 Å². The maximum Gasteiger partial charge on any atom is 0.320 e. The summed E-state index contributed by atoms with van der Waals surface area (Å²) in [6.45, 7) is -0.563. The number of hydrogen-bond acceptors (Lipinski definition) is 6. The topological polar surface area (TPSA) is 116 Å². The molecule has 1 aromatic rings. The highest BCUT2D eigenvalue weighted by atomic mass is 35.5. The third-order valence-corrected chi connectivity index (χ3v) is 3.93. The molecule has 0 spiro atoms. The van der Waals surface area contributed by atoms with Crippen molar-refractivity contribution >= 4 is 33.3 Å². The number of nitrogens with zero attached hydrogens (tertiary/aromatic N) is 1. The molecule has 0 aliphatic carbocycles. The zero-order chi connectivity index (χ0) is 14.6. The van der Waals surface area contributed by atoms with Crippen LogP contribution in [0.1, 0.15) is 0 Å². The number of hydrogen-bond donors (Lipinski definition) is 1. The van der Waals surface area contributed by atoms with Gasteiger partial charge in [0.05, 0.1) is 17.1 Å². The number of benzene rings is 1. The summed E-state index contributed by atoms with van der Waals surface area (Å²) in [4.78, 5) is 20.3. The molecule has 0 aliphatic rings. The van der Waals surface area contributed by atoms with Crippen LogP contribution < -0.4 is 4.72 Å². The van der Waals surface area contributed by atoms with Crippen LogP contribution in [0.3, 0.4) is 0 Å². The Morgan fingerprint density at radius 1 is 1.53 bits per heavy atom. The average Bonchev–Trinajstić information content (AvgIpc) is 2.35. The lowest BCUT2D eigenvalue weighted by Gasteiger charge is -2.07. The Kier molecular flexibility index (Phi) is 4.81. The Morgan fingerprint density at radius 3 is 2.63 bits per heavy atom. The number of nitro groups is 1. The van der Waals surface area contributed by atoms with Gasteiger partial charge in [0.2, 0.25) is 10.0 Å². The minimum absolute atomic E-state index is 0.313. The zero-order valence-corrected chi connectivity index (χ0v) is 11.2. The summed E-state index contributed by atoms with van der Waals surface area (Å²) in [7, 11) is -2.94. The van der Waals surface area contributed by atoms with Crippen molar-refractivity contribution in [3.8, 4) is 0 Å². The molecule has 0 radical (unpaired) electrons. The highest BCUT2D eigenvalue weighted by Crippen LogP contribution is 2.25. The Labute approximate surface area is 113 Å². The third kappa shape index (κ3) is 3.88. The first-order valence-electron chi connectivity index (χ1n) is 4.78. The van der Waals surface area contributed by atoms with Crippen LogP contribution in [0.4, 0.5) is 5.69 Å². The molecule has 0 saturated carbocycles. The van der Waals surface area contributed by atoms with Gasteiger partial charge in [-0.3, -0.25) is 14.9 Å². The first-order valence-corrected chi connectivity index (χ1v) is 6.64. The van der Waals surface area contributed by atoms with E-state index in [1.807, 2.05) is 4.72 Å². The second-order valence-corrected chi connectivity index (χ2v) is 5.42. The summed E-state index contributed by atoms with van der Waals surface area (Å²) in [5.41, 5.74) is -0.336. The van der Waals surface area contributed by atoms with E-state index in [1.165, 1.54) is 0 Å². The maximum atomic E-state index is 11.8. The molecule has 1 aromatic carbocycles. The van der Waals surface area contributed by atoms with Crippen molar-refractivity contribution in [3.63, 3.8) is 0 Å². The molecule has 0 bridgehead atoms. The average molecular weight is 309 g/mol. The predicted molar refractivity (Wildman–Crippen MR) is 65.3 cm³/mol. The van der Waals surface area contributed by atoms with Gasteiger partial charge < -0.3 is 4.74 Å². The number of sulfonamides is 1. The number of carbonyl (C=O) groups excluding carboxylic acids is 1. The van der Waals surface area contributed by atoms with Crippen LogP contribution in [0.5, 0.6) is 0 Å². The van der Waals surface area contributed by atoms with Crippen LogP contribution in [0.15, 0.2) is 23.1 Å². The molecule has 0 saturated heterocycles. The van der Waals surface area contributed by atoms with Gasteiger partial charge >= 0.3 is 5.97 Å². The molecule has 0 atom stereocenters. The van der Waals surface area contributed by atoms with E-state index in [4.69, 9.17) is 11.6 Å². The largest absolute Gasteiger partial charge is 0.468 e. The number of nitro benzene ring substituents is 1. The van der Waals surface area contributed by atoms with Crippen LogP contribution in [0.2, 0.25) is 5.02 Å². The monoisotopic (exact) mass is 308 g/mol. The van der Waals surface area contributed by atoms with E-state index < -0.39 is 27.5 Å². The summed E-state index contributed by atoms with van der Waals surface area (Å²) < 4.78 is 29.8. The number of esters is 1. The van der Waals surface area contributed by atoms with Gasteiger partial charge in [-0.25, -0.2) is 8.42 Å². The van der Waals surface area contributed by atoms with Crippen molar-refractivity contribution < 1.29 is 22.9 Å². The van der Waals surface area contributed by atoms with Crippen LogP contribution in [-0.2, 0) is 19.6 Å². The summed E-state index contributed by atoms with van der Waals surface area (Å²) >= 11 is 5.67. The summed E-state index contributed by atoms with van der Waals surface area (Å²) in [5.74, 6) is -0.776. The molecule has 19 heavy (non-hydrogen) atoms. The molecule has 0 heterocycles. The number of carbonyl (C=O) groups is 1. The standard InChI is InChI=1S/C9H9ClN2O6S/c1-18-9(13)5-11-19(16,17)8-3-2-6(12(14)15)4-7(8)10/h2-4,11H,5H2,1H3. The summed E-state index contributed by atoms with van der Waals surface area (Å²) in [5, 5.41) is 10.2. The minimum atomic E-state index is -4.04. The van der Waals surface area contributed by atoms with Gasteiger partial charge in [-0.15, -0.1) is 0 Å². The van der Waals surface area contributed by atoms with E-state index >= 15 is 0 Å². The van der Waals surface area contributed by atoms with Crippen molar-refractivity contribution in [3.05, 3.63) is 33.3 Å². The molecule has 104 valence electrons. The van der Waals surface area contributed by atoms with E-state index in [0.717, 1.165) is 25.3 Å². The first-order chi connectivity index (χ1) is 8.77. The van der Waals surface area contributed by atoms with E-state index in [9.17, 15) is 23.3 Å². The van der Waals surface area contributed by atoms with Crippen molar-refractivity contribution in [2.75, 3.05) is 13.7 Å². The quantitative estimate of drug-likeness (QED) is 0.486. The molecule has 0 aromatic heterocycles. The predicted octanol–water partition coefficient (Wildman–Crippen LogP) is 0.699. The zero-order valence-electron chi connectivity index (χ0n) is 9.62. The Morgan fingerprint density at radius 2 is 2.16 bits per heavy atom. The number of ether oxygens (including phenoxy) is 1. The van der Waals surface area contributed by atoms with Crippen molar-refractivity contribution in [1.82, 2.24) is 4.72 Å². The number of nitrogens with one attached hydrogen (secondary N) is 1. The lowest BCUT2D eigenvalue weighted by molar-refractivity contribution is -0.384. The van der Waals surface area contributed by atoms with E-state index in [0.29, 0.717) is 0 Å². The molecule has 0 aliphatic heterocycles. The van der Waals surface area contributed by atoms with Crippen LogP contribution in [0.25, 0.3) is 0 Å². The summed E-state index contributed by atoms with van der Waals surface area (Å²) in [6, 6.07) is 2.90. The second-order valence-electron chi connectivity index (χ2n) is 3.27. The number of non-ortho nitro benzene ring substituents is 1. The van der Waals surface area contributed by atoms with Gasteiger partial charge in [-0.2, -0.15) is 4.72 Å². The molecule has 1 N–H and O–H groups in total. The van der Waals surface area contributed by atoms with Gasteiger partial charge in [0.25, 0.3) is 5.69 Å². The number of rotatable bonds is 5. The molecular weight excluding hydrogens is 300 g/mol. The smallest absolute Gasteiger partial charge is 0.320 e. The lowest BCUT2D eigenvalue weighted by atomic mass is 10.3. The fourth-order valence-corrected chi connectivity index (χ4v) is 2.63. The number of halogens is 1. The van der Waals surface area contributed by atoms with Gasteiger partial charge in [-0.05, 0) is 6.07 Å². The molecule has 0 amide bonds. The minimum Gasteiger partial charge on any atom is -0.468 e. The Balaban J connectivity index is 3.02. The van der Waals surface area contributed by atoms with Gasteiger partial charge in [0, 0.05) is 12.1 Å². The normalized spacial score (nSPS) is 11.1. The maximum absolute atomic E-state index is 11.8. The molecule has 10 heteroatoms. The fraction of sp³-hybridized carbons (Fsp3) is 0.222. The van der Waals surface area contributed by atoms with E-state index in [2.05, 4.69) is 4.74 Å². The van der Waals surface area contributed by atoms with E-state index in [-0.39, 0.29) is 15.6 Å². The Hall–Kier alpha value is -1.71. The fourth-order valence-electron chi connectivity index (χ4n) is 1.13. The second kappa shape index (κ2) is 5.95. The highest BCUT2D eigenvalue weighted by Gasteiger charge is 2.21. The Bertz CT molecular complexity index is 615. The molecule has 8 nitrogen and oxygen atoms in total. The highest BCUT2D eigenvalue weighted by molar-refractivity contribution is 7.89. The molecule has 1 rings (SSSR count). The van der Waals surface area contributed by atoms with Crippen LogP contribution >= 0.6 is 11.6 Å². The van der Waals surface area contributed by atoms with Gasteiger partial charge in [0.15, 0.2) is 0 Å². The van der Waals surface area contributed by atoms with Gasteiger partial charge in [0.1, 0.15) is 11.4 Å². The molecule has 0 unspecified atom stereocenters. The summed E-state index contributed by atoms with van der Waals surface area (Å²) in [6.07, 6.45) is 0. The number of methoxy groups -OCH3 is 1. The van der Waals surface area contributed by atoms with Crippen molar-refractivity contribution in [1.29, 1.82) is 0 Å². The van der Waals surface area contributed by atoms with Gasteiger partial charge in [-0.1, -0.05) is 11.6 Å².